The summed E-state index contributed by atoms with van der Waals surface area (Å²) in [7, 11) is 0. The second kappa shape index (κ2) is 10.9. The predicted octanol–water partition coefficient (Wildman–Crippen LogP) is 3.72. The van der Waals surface area contributed by atoms with E-state index in [0.717, 1.165) is 22.6 Å². The van der Waals surface area contributed by atoms with Gasteiger partial charge in [-0.05, 0) is 48.0 Å². The molecule has 2 aliphatic heterocycles. The summed E-state index contributed by atoms with van der Waals surface area (Å²) in [6.45, 7) is 2.08. The number of halogens is 1. The number of rotatable bonds is 11. The van der Waals surface area contributed by atoms with Crippen molar-refractivity contribution < 1.29 is 33.0 Å². The van der Waals surface area contributed by atoms with Crippen LogP contribution in [0.1, 0.15) is 23.3 Å². The van der Waals surface area contributed by atoms with Crippen molar-refractivity contribution in [2.24, 2.45) is 5.16 Å². The molecule has 3 aromatic rings. The van der Waals surface area contributed by atoms with E-state index in [1.807, 2.05) is 24.3 Å². The van der Waals surface area contributed by atoms with Gasteiger partial charge in [0.1, 0.15) is 24.3 Å². The Morgan fingerprint density at radius 1 is 1.11 bits per heavy atom. The molecule has 0 radical (unpaired) electrons. The SMILES string of the molecule is O[C@H](COCc1ccco1)CN(Cc1ccc(F)cc1)C[C@@H]1CC(c2ccc3c(c2)OCO3)=NO1. The van der Waals surface area contributed by atoms with Crippen LogP contribution in [-0.4, -0.2) is 54.4 Å². The molecule has 9 heteroatoms. The maximum Gasteiger partial charge on any atom is 0.231 e. The van der Waals surface area contributed by atoms with Crippen molar-refractivity contribution in [2.45, 2.75) is 31.8 Å². The standard InChI is InChI=1S/C26H27FN2O6/c27-20-6-3-18(4-7-20)12-29(13-21(30)15-31-16-22-2-1-9-32-22)14-23-11-24(28-35-23)19-5-8-25-26(10-19)34-17-33-25/h1-10,21,23,30H,11-17H2/t21-,23-/m0/s1. The van der Waals surface area contributed by atoms with Crippen LogP contribution in [0.3, 0.4) is 0 Å². The Labute approximate surface area is 202 Å². The van der Waals surface area contributed by atoms with Crippen molar-refractivity contribution in [1.29, 1.82) is 0 Å². The van der Waals surface area contributed by atoms with Crippen molar-refractivity contribution in [3.63, 3.8) is 0 Å². The van der Waals surface area contributed by atoms with E-state index >= 15 is 0 Å². The lowest BCUT2D eigenvalue weighted by molar-refractivity contribution is -0.00956. The lowest BCUT2D eigenvalue weighted by Crippen LogP contribution is -2.39. The highest BCUT2D eigenvalue weighted by molar-refractivity contribution is 6.01. The molecule has 8 nitrogen and oxygen atoms in total. The smallest absolute Gasteiger partial charge is 0.231 e. The third-order valence-corrected chi connectivity index (χ3v) is 5.82. The molecule has 0 amide bonds. The van der Waals surface area contributed by atoms with Gasteiger partial charge in [-0.3, -0.25) is 4.90 Å². The topological polar surface area (TPSA) is 85.9 Å². The lowest BCUT2D eigenvalue weighted by atomic mass is 10.0. The van der Waals surface area contributed by atoms with E-state index in [1.165, 1.54) is 12.1 Å². The van der Waals surface area contributed by atoms with Gasteiger partial charge in [0.25, 0.3) is 0 Å². The highest BCUT2D eigenvalue weighted by Gasteiger charge is 2.27. The van der Waals surface area contributed by atoms with Gasteiger partial charge in [0.2, 0.25) is 6.79 Å². The minimum absolute atomic E-state index is 0.158. The van der Waals surface area contributed by atoms with Crippen LogP contribution in [0.25, 0.3) is 0 Å². The average molecular weight is 483 g/mol. The molecule has 1 N–H and O–H groups in total. The Morgan fingerprint density at radius 2 is 1.97 bits per heavy atom. The monoisotopic (exact) mass is 482 g/mol. The van der Waals surface area contributed by atoms with Crippen LogP contribution in [0.15, 0.2) is 70.4 Å². The van der Waals surface area contributed by atoms with Crippen LogP contribution in [-0.2, 0) is 22.7 Å². The predicted molar refractivity (Wildman–Crippen MR) is 125 cm³/mol. The lowest BCUT2D eigenvalue weighted by Gasteiger charge is -2.27. The number of fused-ring (bicyclic) bond motifs is 1. The molecule has 0 bridgehead atoms. The fraction of sp³-hybridized carbons (Fsp3) is 0.346. The number of aliphatic hydroxyl groups is 1. The molecule has 0 unspecified atom stereocenters. The zero-order valence-corrected chi connectivity index (χ0v) is 19.1. The van der Waals surface area contributed by atoms with Gasteiger partial charge in [-0.25, -0.2) is 4.39 Å². The highest BCUT2D eigenvalue weighted by Crippen LogP contribution is 2.33. The van der Waals surface area contributed by atoms with Crippen LogP contribution < -0.4 is 9.47 Å². The van der Waals surface area contributed by atoms with Gasteiger partial charge < -0.3 is 28.6 Å². The van der Waals surface area contributed by atoms with Crippen molar-refractivity contribution in [3.05, 3.63) is 83.6 Å². The Bertz CT molecular complexity index is 1140. The Balaban J connectivity index is 1.18. The number of ether oxygens (including phenoxy) is 3. The molecule has 5 rings (SSSR count). The molecule has 35 heavy (non-hydrogen) atoms. The number of hydrogen-bond acceptors (Lipinski definition) is 8. The van der Waals surface area contributed by atoms with Gasteiger partial charge >= 0.3 is 0 Å². The van der Waals surface area contributed by atoms with Crippen molar-refractivity contribution in [2.75, 3.05) is 26.5 Å². The summed E-state index contributed by atoms with van der Waals surface area (Å²) >= 11 is 0. The van der Waals surface area contributed by atoms with Crippen LogP contribution in [0.2, 0.25) is 0 Å². The summed E-state index contributed by atoms with van der Waals surface area (Å²) in [4.78, 5) is 7.79. The molecular weight excluding hydrogens is 455 g/mol. The number of furan rings is 1. The summed E-state index contributed by atoms with van der Waals surface area (Å²) in [6.07, 6.45) is 1.29. The summed E-state index contributed by atoms with van der Waals surface area (Å²) in [5, 5.41) is 14.9. The van der Waals surface area contributed by atoms with Crippen molar-refractivity contribution >= 4 is 5.71 Å². The summed E-state index contributed by atoms with van der Waals surface area (Å²) < 4.78 is 35.1. The summed E-state index contributed by atoms with van der Waals surface area (Å²) in [5.74, 6) is 1.84. The second-order valence-electron chi connectivity index (χ2n) is 8.61. The third-order valence-electron chi connectivity index (χ3n) is 5.82. The minimum Gasteiger partial charge on any atom is -0.467 e. The van der Waals surface area contributed by atoms with E-state index < -0.39 is 6.10 Å². The molecule has 0 saturated carbocycles. The van der Waals surface area contributed by atoms with Gasteiger partial charge in [0.15, 0.2) is 11.5 Å². The zero-order valence-electron chi connectivity index (χ0n) is 19.1. The van der Waals surface area contributed by atoms with Gasteiger partial charge in [0, 0.05) is 31.6 Å². The molecule has 0 spiro atoms. The van der Waals surface area contributed by atoms with E-state index in [-0.39, 0.29) is 25.3 Å². The van der Waals surface area contributed by atoms with Crippen LogP contribution in [0.5, 0.6) is 11.5 Å². The van der Waals surface area contributed by atoms with Crippen LogP contribution >= 0.6 is 0 Å². The maximum atomic E-state index is 13.4. The Hall–Kier alpha value is -3.40. The van der Waals surface area contributed by atoms with Crippen molar-refractivity contribution in [1.82, 2.24) is 4.90 Å². The average Bonchev–Trinajstić information content (AvgIpc) is 3.62. The zero-order chi connectivity index (χ0) is 24.0. The first kappa shape index (κ1) is 23.3. The first-order chi connectivity index (χ1) is 17.1. The molecular formula is C26H27FN2O6. The molecule has 2 aliphatic rings. The summed E-state index contributed by atoms with van der Waals surface area (Å²) in [6, 6.07) is 15.7. The number of oxime groups is 1. The fourth-order valence-corrected chi connectivity index (χ4v) is 4.15. The molecule has 0 fully saturated rings. The van der Waals surface area contributed by atoms with Crippen LogP contribution in [0.4, 0.5) is 4.39 Å². The third kappa shape index (κ3) is 6.19. The van der Waals surface area contributed by atoms with Gasteiger partial charge in [-0.15, -0.1) is 0 Å². The van der Waals surface area contributed by atoms with E-state index in [1.54, 1.807) is 24.5 Å². The molecule has 3 heterocycles. The largest absolute Gasteiger partial charge is 0.467 e. The molecule has 0 aliphatic carbocycles. The van der Waals surface area contributed by atoms with Crippen LogP contribution in [0, 0.1) is 5.82 Å². The summed E-state index contributed by atoms with van der Waals surface area (Å²) in [5.41, 5.74) is 2.69. The first-order valence-electron chi connectivity index (χ1n) is 11.5. The van der Waals surface area contributed by atoms with Gasteiger partial charge in [-0.2, -0.15) is 0 Å². The number of benzene rings is 2. The molecule has 1 aromatic heterocycles. The number of aliphatic hydroxyl groups excluding tert-OH is 1. The number of hydrogen-bond donors (Lipinski definition) is 1. The normalized spacial score (nSPS) is 17.5. The second-order valence-corrected chi connectivity index (χ2v) is 8.61. The molecule has 2 atom stereocenters. The molecule has 2 aromatic carbocycles. The van der Waals surface area contributed by atoms with Gasteiger partial charge in [-0.1, -0.05) is 17.3 Å². The number of nitrogens with zero attached hydrogens (tertiary/aromatic N) is 2. The fourth-order valence-electron chi connectivity index (χ4n) is 4.15. The van der Waals surface area contributed by atoms with E-state index in [9.17, 15) is 9.50 Å². The Morgan fingerprint density at radius 3 is 2.80 bits per heavy atom. The quantitative estimate of drug-likeness (QED) is 0.446. The maximum absolute atomic E-state index is 13.4. The first-order valence-corrected chi connectivity index (χ1v) is 11.5. The highest BCUT2D eigenvalue weighted by atomic mass is 19.1. The minimum atomic E-state index is -0.721. The van der Waals surface area contributed by atoms with Crippen molar-refractivity contribution in [3.8, 4) is 11.5 Å². The van der Waals surface area contributed by atoms with E-state index in [4.69, 9.17) is 23.5 Å². The molecule has 0 saturated heterocycles. The van der Waals surface area contributed by atoms with Gasteiger partial charge in [0.05, 0.1) is 24.7 Å². The molecule has 184 valence electrons. The van der Waals surface area contributed by atoms with E-state index in [2.05, 4.69) is 10.1 Å². The van der Waals surface area contributed by atoms with E-state index in [0.29, 0.717) is 44.2 Å². The Kier molecular flexibility index (Phi) is 7.27.